The summed E-state index contributed by atoms with van der Waals surface area (Å²) in [5.74, 6) is -0.558. The molecule has 0 saturated carbocycles. The molecule has 6 nitrogen and oxygen atoms in total. The predicted octanol–water partition coefficient (Wildman–Crippen LogP) is -3.04. The summed E-state index contributed by atoms with van der Waals surface area (Å²) in [6, 6.07) is 0. The Morgan fingerprint density at radius 1 is 1.50 bits per heavy atom. The fraction of sp³-hybridized carbons (Fsp3) is 0.833. The second kappa shape index (κ2) is 6.99. The van der Waals surface area contributed by atoms with Gasteiger partial charge in [0, 0.05) is 19.6 Å². The second-order valence-corrected chi connectivity index (χ2v) is 2.16. The molecule has 0 spiro atoms. The van der Waals surface area contributed by atoms with Crippen LogP contribution in [-0.4, -0.2) is 48.6 Å². The number of amides is 1. The van der Waals surface area contributed by atoms with Crippen LogP contribution in [0, 0.1) is 0 Å². The van der Waals surface area contributed by atoms with Crippen molar-refractivity contribution in [2.45, 2.75) is 6.23 Å². The summed E-state index contributed by atoms with van der Waals surface area (Å²) in [7, 11) is 0. The van der Waals surface area contributed by atoms with Gasteiger partial charge >= 0.3 is 0 Å². The molecule has 0 aliphatic carbocycles. The Morgan fingerprint density at radius 2 is 2.17 bits per heavy atom. The highest BCUT2D eigenvalue weighted by atomic mass is 16.3. The molecule has 1 unspecified atom stereocenters. The summed E-state index contributed by atoms with van der Waals surface area (Å²) in [5, 5.41) is 22.1. The minimum absolute atomic E-state index is 0.139. The van der Waals surface area contributed by atoms with E-state index in [4.69, 9.17) is 15.9 Å². The van der Waals surface area contributed by atoms with Crippen LogP contribution in [0.2, 0.25) is 0 Å². The maximum Gasteiger partial charge on any atom is 0.264 e. The van der Waals surface area contributed by atoms with Crippen LogP contribution in [0.25, 0.3) is 0 Å². The molecule has 0 radical (unpaired) electrons. The number of hydrogen-bond acceptors (Lipinski definition) is 5. The Bertz CT molecular complexity index is 131. The van der Waals surface area contributed by atoms with Crippen LogP contribution >= 0.6 is 0 Å². The minimum atomic E-state index is -1.25. The Morgan fingerprint density at radius 3 is 2.67 bits per heavy atom. The summed E-state index contributed by atoms with van der Waals surface area (Å²) in [5.41, 5.74) is 5.13. The van der Waals surface area contributed by atoms with Crippen molar-refractivity contribution in [3.05, 3.63) is 0 Å². The van der Waals surface area contributed by atoms with Crippen LogP contribution in [0.5, 0.6) is 0 Å². The van der Waals surface area contributed by atoms with Crippen molar-refractivity contribution in [2.75, 3.05) is 26.2 Å². The summed E-state index contributed by atoms with van der Waals surface area (Å²) in [6.45, 7) is 0.716. The number of nitrogens with one attached hydrogen (secondary N) is 2. The van der Waals surface area contributed by atoms with E-state index in [1.807, 2.05) is 0 Å². The third-order valence-corrected chi connectivity index (χ3v) is 1.14. The first-order valence-corrected chi connectivity index (χ1v) is 3.72. The van der Waals surface area contributed by atoms with Gasteiger partial charge < -0.3 is 21.3 Å². The zero-order valence-electron chi connectivity index (χ0n) is 6.79. The van der Waals surface area contributed by atoms with Gasteiger partial charge in [0.05, 0.1) is 6.61 Å². The van der Waals surface area contributed by atoms with Crippen LogP contribution in [0.15, 0.2) is 0 Å². The van der Waals surface area contributed by atoms with Gasteiger partial charge in [0.2, 0.25) is 0 Å². The molecule has 0 aromatic heterocycles. The molecule has 0 fully saturated rings. The molecule has 0 aromatic rings. The molecule has 12 heavy (non-hydrogen) atoms. The van der Waals surface area contributed by atoms with Gasteiger partial charge in [-0.2, -0.15) is 0 Å². The molecule has 0 rings (SSSR count). The van der Waals surface area contributed by atoms with Crippen molar-refractivity contribution in [2.24, 2.45) is 5.73 Å². The van der Waals surface area contributed by atoms with Gasteiger partial charge in [-0.25, -0.2) is 0 Å². The van der Waals surface area contributed by atoms with E-state index in [1.165, 1.54) is 0 Å². The normalized spacial score (nSPS) is 12.6. The number of carbonyl (C=O) groups is 1. The lowest BCUT2D eigenvalue weighted by molar-refractivity contribution is -0.131. The zero-order chi connectivity index (χ0) is 9.40. The topological polar surface area (TPSA) is 108 Å². The van der Waals surface area contributed by atoms with Crippen molar-refractivity contribution in [3.8, 4) is 0 Å². The first kappa shape index (κ1) is 11.3. The Kier molecular flexibility index (Phi) is 6.58. The number of aliphatic hydroxyl groups is 2. The third-order valence-electron chi connectivity index (χ3n) is 1.14. The van der Waals surface area contributed by atoms with E-state index < -0.39 is 12.1 Å². The fourth-order valence-electron chi connectivity index (χ4n) is 0.589. The van der Waals surface area contributed by atoms with Crippen molar-refractivity contribution < 1.29 is 15.0 Å². The lowest BCUT2D eigenvalue weighted by atomic mass is 10.4. The van der Waals surface area contributed by atoms with Gasteiger partial charge in [0.1, 0.15) is 0 Å². The average Bonchev–Trinajstić information content (AvgIpc) is 2.10. The number of nitrogens with two attached hydrogens (primary N) is 1. The molecular weight excluding hydrogens is 162 g/mol. The fourth-order valence-corrected chi connectivity index (χ4v) is 0.589. The first-order chi connectivity index (χ1) is 5.72. The van der Waals surface area contributed by atoms with E-state index in [-0.39, 0.29) is 13.2 Å². The summed E-state index contributed by atoms with van der Waals surface area (Å²) in [6.07, 6.45) is -1.25. The van der Waals surface area contributed by atoms with Crippen molar-refractivity contribution in [1.82, 2.24) is 10.6 Å². The van der Waals surface area contributed by atoms with E-state index in [1.54, 1.807) is 0 Å². The quantitative estimate of drug-likeness (QED) is 0.277. The Balaban J connectivity index is 3.47. The monoisotopic (exact) mass is 177 g/mol. The van der Waals surface area contributed by atoms with E-state index in [2.05, 4.69) is 10.6 Å². The third kappa shape index (κ3) is 5.03. The molecule has 0 aromatic carbocycles. The van der Waals surface area contributed by atoms with Gasteiger partial charge in [-0.15, -0.1) is 0 Å². The zero-order valence-corrected chi connectivity index (χ0v) is 6.79. The van der Waals surface area contributed by atoms with Gasteiger partial charge in [0.15, 0.2) is 6.23 Å². The Labute approximate surface area is 70.8 Å². The SMILES string of the molecule is NCCNC(O)C(=O)NCCO. The first-order valence-electron chi connectivity index (χ1n) is 3.72. The Hall–Kier alpha value is -0.690. The number of rotatable bonds is 6. The van der Waals surface area contributed by atoms with E-state index in [9.17, 15) is 4.79 Å². The van der Waals surface area contributed by atoms with E-state index >= 15 is 0 Å². The van der Waals surface area contributed by atoms with Crippen LogP contribution in [0.1, 0.15) is 0 Å². The molecule has 1 amide bonds. The van der Waals surface area contributed by atoms with Crippen molar-refractivity contribution in [3.63, 3.8) is 0 Å². The molecular formula is C6H15N3O3. The van der Waals surface area contributed by atoms with Gasteiger partial charge in [-0.1, -0.05) is 0 Å². The van der Waals surface area contributed by atoms with Crippen molar-refractivity contribution >= 4 is 5.91 Å². The minimum Gasteiger partial charge on any atom is -0.395 e. The molecule has 0 saturated heterocycles. The highest BCUT2D eigenvalue weighted by molar-refractivity contribution is 5.79. The summed E-state index contributed by atoms with van der Waals surface area (Å²) >= 11 is 0. The van der Waals surface area contributed by atoms with E-state index in [0.717, 1.165) is 0 Å². The number of hydrogen-bond donors (Lipinski definition) is 5. The van der Waals surface area contributed by atoms with Crippen molar-refractivity contribution in [1.29, 1.82) is 0 Å². The molecule has 0 bridgehead atoms. The molecule has 6 heteroatoms. The molecule has 0 aliphatic rings. The number of carbonyl (C=O) groups excluding carboxylic acids is 1. The molecule has 0 heterocycles. The molecule has 0 aliphatic heterocycles. The molecule has 6 N–H and O–H groups in total. The van der Waals surface area contributed by atoms with Crippen LogP contribution in [0.4, 0.5) is 0 Å². The summed E-state index contributed by atoms with van der Waals surface area (Å²) in [4.78, 5) is 10.8. The standard InChI is InChI=1S/C6H15N3O3/c7-1-2-8-5(11)6(12)9-3-4-10/h5,8,10-11H,1-4,7H2,(H,9,12). The lowest BCUT2D eigenvalue weighted by Gasteiger charge is -2.11. The lowest BCUT2D eigenvalue weighted by Crippen LogP contribution is -2.46. The largest absolute Gasteiger partial charge is 0.395 e. The van der Waals surface area contributed by atoms with Gasteiger partial charge in [-0.05, 0) is 0 Å². The van der Waals surface area contributed by atoms with Crippen LogP contribution in [-0.2, 0) is 4.79 Å². The van der Waals surface area contributed by atoms with E-state index in [0.29, 0.717) is 13.1 Å². The molecule has 1 atom stereocenters. The van der Waals surface area contributed by atoms with Crippen LogP contribution in [0.3, 0.4) is 0 Å². The van der Waals surface area contributed by atoms with Gasteiger partial charge in [0.25, 0.3) is 5.91 Å². The highest BCUT2D eigenvalue weighted by Crippen LogP contribution is 1.75. The second-order valence-electron chi connectivity index (χ2n) is 2.16. The summed E-state index contributed by atoms with van der Waals surface area (Å²) < 4.78 is 0. The average molecular weight is 177 g/mol. The van der Waals surface area contributed by atoms with Crippen LogP contribution < -0.4 is 16.4 Å². The highest BCUT2D eigenvalue weighted by Gasteiger charge is 2.11. The predicted molar refractivity (Wildman–Crippen MR) is 43.2 cm³/mol. The molecule has 72 valence electrons. The maximum atomic E-state index is 10.8. The van der Waals surface area contributed by atoms with Gasteiger partial charge in [-0.3, -0.25) is 10.1 Å². The number of aliphatic hydroxyl groups excluding tert-OH is 2. The maximum absolute atomic E-state index is 10.8. The smallest absolute Gasteiger partial charge is 0.264 e.